The number of halogens is 3. The van der Waals surface area contributed by atoms with E-state index in [-0.39, 0.29) is 16.0 Å². The molecule has 4 nitrogen and oxygen atoms in total. The highest BCUT2D eigenvalue weighted by Crippen LogP contribution is 2.39. The van der Waals surface area contributed by atoms with Crippen molar-refractivity contribution in [3.63, 3.8) is 0 Å². The van der Waals surface area contributed by atoms with Crippen LogP contribution >= 0.6 is 15.9 Å². The molecule has 0 saturated carbocycles. The van der Waals surface area contributed by atoms with Crippen LogP contribution in [0.2, 0.25) is 0 Å². The van der Waals surface area contributed by atoms with E-state index in [2.05, 4.69) is 20.8 Å². The molecule has 0 spiro atoms. The Bertz CT molecular complexity index is 1120. The average Bonchev–Trinajstić information content (AvgIpc) is 3.10. The fraction of sp³-hybridized carbons (Fsp3) is 0.300. The predicted octanol–water partition coefficient (Wildman–Crippen LogP) is 5.57. The van der Waals surface area contributed by atoms with Gasteiger partial charge in [-0.05, 0) is 59.5 Å². The van der Waals surface area contributed by atoms with Gasteiger partial charge in [-0.1, -0.05) is 18.2 Å². The molecular weight excluding hydrogens is 450 g/mol. The van der Waals surface area contributed by atoms with Gasteiger partial charge in [-0.3, -0.25) is 0 Å². The number of piperidine rings is 1. The predicted molar refractivity (Wildman–Crippen MR) is 110 cm³/mol. The van der Waals surface area contributed by atoms with Crippen molar-refractivity contribution in [1.82, 2.24) is 3.97 Å². The summed E-state index contributed by atoms with van der Waals surface area (Å²) < 4.78 is 55.7. The number of rotatable bonds is 4. The Morgan fingerprint density at radius 1 is 0.964 bits per heavy atom. The standard InChI is InChI=1S/C20H19BrF2N2O2S/c21-15-7-2-3-10-18(15)28(26,27)25-13-14(20(22)23)19-16(8-6-9-17(19)25)24-11-4-1-5-12-24/h2-3,6-10,13,20H,1,4-5,11-12H2. The van der Waals surface area contributed by atoms with Gasteiger partial charge in [-0.25, -0.2) is 21.2 Å². The third-order valence-electron chi connectivity index (χ3n) is 5.11. The van der Waals surface area contributed by atoms with Crippen LogP contribution in [-0.2, 0) is 10.0 Å². The smallest absolute Gasteiger partial charge is 0.269 e. The number of anilines is 1. The summed E-state index contributed by atoms with van der Waals surface area (Å²) in [5.74, 6) is 0. The van der Waals surface area contributed by atoms with Gasteiger partial charge in [-0.15, -0.1) is 0 Å². The zero-order valence-corrected chi connectivity index (χ0v) is 17.4. The van der Waals surface area contributed by atoms with Crippen LogP contribution in [0.15, 0.2) is 58.0 Å². The zero-order chi connectivity index (χ0) is 19.9. The number of hydrogen-bond donors (Lipinski definition) is 0. The average molecular weight is 469 g/mol. The summed E-state index contributed by atoms with van der Waals surface area (Å²) in [6, 6.07) is 11.5. The molecular formula is C20H19BrF2N2O2S. The van der Waals surface area contributed by atoms with Crippen molar-refractivity contribution in [3.05, 3.63) is 58.7 Å². The van der Waals surface area contributed by atoms with Gasteiger partial charge in [0.05, 0.1) is 5.52 Å². The minimum absolute atomic E-state index is 0.0380. The number of nitrogens with zero attached hydrogens (tertiary/aromatic N) is 2. The maximum absolute atomic E-state index is 13.9. The second-order valence-corrected chi connectivity index (χ2v) is 9.47. The fourth-order valence-electron chi connectivity index (χ4n) is 3.79. The third kappa shape index (κ3) is 3.22. The van der Waals surface area contributed by atoms with Gasteiger partial charge in [0.15, 0.2) is 0 Å². The molecule has 0 radical (unpaired) electrons. The van der Waals surface area contributed by atoms with Crippen LogP contribution in [0.3, 0.4) is 0 Å². The topological polar surface area (TPSA) is 42.3 Å². The van der Waals surface area contributed by atoms with Crippen molar-refractivity contribution >= 4 is 42.5 Å². The van der Waals surface area contributed by atoms with Crippen LogP contribution in [0.25, 0.3) is 10.9 Å². The highest BCUT2D eigenvalue weighted by molar-refractivity contribution is 9.10. The minimum Gasteiger partial charge on any atom is -0.371 e. The summed E-state index contributed by atoms with van der Waals surface area (Å²) in [6.45, 7) is 1.56. The Morgan fingerprint density at radius 2 is 1.68 bits per heavy atom. The summed E-state index contributed by atoms with van der Waals surface area (Å²) in [4.78, 5) is 2.11. The van der Waals surface area contributed by atoms with Crippen LogP contribution < -0.4 is 4.90 Å². The molecule has 3 aromatic rings. The normalized spacial score (nSPS) is 15.5. The van der Waals surface area contributed by atoms with E-state index in [1.165, 1.54) is 6.07 Å². The lowest BCUT2D eigenvalue weighted by molar-refractivity contribution is 0.153. The lowest BCUT2D eigenvalue weighted by Gasteiger charge is -2.29. The number of aromatic nitrogens is 1. The van der Waals surface area contributed by atoms with Gasteiger partial charge >= 0.3 is 0 Å². The molecule has 0 unspecified atom stereocenters. The summed E-state index contributed by atoms with van der Waals surface area (Å²) in [6.07, 6.45) is 1.40. The molecule has 2 heterocycles. The molecule has 1 aliphatic heterocycles. The summed E-state index contributed by atoms with van der Waals surface area (Å²) in [7, 11) is -4.04. The maximum atomic E-state index is 13.9. The Morgan fingerprint density at radius 3 is 2.36 bits per heavy atom. The summed E-state index contributed by atoms with van der Waals surface area (Å²) in [5, 5.41) is 0.315. The Balaban J connectivity index is 1.97. The molecule has 2 aromatic carbocycles. The van der Waals surface area contributed by atoms with E-state index < -0.39 is 16.4 Å². The Kier molecular flexibility index (Phi) is 5.18. The monoisotopic (exact) mass is 468 g/mol. The van der Waals surface area contributed by atoms with Crippen molar-refractivity contribution in [2.24, 2.45) is 0 Å². The third-order valence-corrected chi connectivity index (χ3v) is 7.79. The largest absolute Gasteiger partial charge is 0.371 e. The number of hydrogen-bond acceptors (Lipinski definition) is 3. The van der Waals surface area contributed by atoms with Crippen molar-refractivity contribution in [3.8, 4) is 0 Å². The SMILES string of the molecule is O=S(=O)(c1ccccc1Br)n1cc(C(F)F)c2c(N3CCCCC3)cccc21. The van der Waals surface area contributed by atoms with Gasteiger partial charge in [0.2, 0.25) is 0 Å². The first-order chi connectivity index (χ1) is 13.4. The molecule has 4 rings (SSSR count). The van der Waals surface area contributed by atoms with Gasteiger partial charge < -0.3 is 4.90 Å². The van der Waals surface area contributed by atoms with Crippen LogP contribution in [0, 0.1) is 0 Å². The molecule has 0 amide bonds. The quantitative estimate of drug-likeness (QED) is 0.502. The van der Waals surface area contributed by atoms with E-state index in [0.29, 0.717) is 15.5 Å². The summed E-state index contributed by atoms with van der Waals surface area (Å²) in [5.41, 5.74) is 0.689. The van der Waals surface area contributed by atoms with Gasteiger partial charge in [-0.2, -0.15) is 0 Å². The second-order valence-electron chi connectivity index (χ2n) is 6.84. The molecule has 1 aliphatic rings. The molecule has 148 valence electrons. The first-order valence-corrected chi connectivity index (χ1v) is 11.3. The van der Waals surface area contributed by atoms with Gasteiger partial charge in [0, 0.05) is 40.4 Å². The second kappa shape index (κ2) is 7.48. The van der Waals surface area contributed by atoms with Crippen LogP contribution in [0.4, 0.5) is 14.5 Å². The van der Waals surface area contributed by atoms with Crippen molar-refractivity contribution in [2.45, 2.75) is 30.6 Å². The van der Waals surface area contributed by atoms with Crippen molar-refractivity contribution < 1.29 is 17.2 Å². The molecule has 1 saturated heterocycles. The van der Waals surface area contributed by atoms with E-state index >= 15 is 0 Å². The number of alkyl halides is 2. The molecule has 0 N–H and O–H groups in total. The molecule has 0 aliphatic carbocycles. The van der Waals surface area contributed by atoms with Crippen molar-refractivity contribution in [1.29, 1.82) is 0 Å². The van der Waals surface area contributed by atoms with Gasteiger partial charge in [0.1, 0.15) is 4.90 Å². The first-order valence-electron chi connectivity index (χ1n) is 9.08. The fourth-order valence-corrected chi connectivity index (χ4v) is 6.13. The maximum Gasteiger partial charge on any atom is 0.269 e. The van der Waals surface area contributed by atoms with E-state index in [1.807, 2.05) is 0 Å². The Hall–Kier alpha value is -1.93. The molecule has 28 heavy (non-hydrogen) atoms. The van der Waals surface area contributed by atoms with Crippen LogP contribution in [0.1, 0.15) is 31.3 Å². The van der Waals surface area contributed by atoms with E-state index in [0.717, 1.165) is 42.5 Å². The molecule has 0 atom stereocenters. The highest BCUT2D eigenvalue weighted by Gasteiger charge is 2.28. The van der Waals surface area contributed by atoms with Crippen LogP contribution in [0.5, 0.6) is 0 Å². The Labute approximate surface area is 170 Å². The van der Waals surface area contributed by atoms with Gasteiger partial charge in [0.25, 0.3) is 16.4 Å². The summed E-state index contributed by atoms with van der Waals surface area (Å²) >= 11 is 3.26. The van der Waals surface area contributed by atoms with E-state index in [4.69, 9.17) is 0 Å². The molecule has 1 fully saturated rings. The van der Waals surface area contributed by atoms with Crippen LogP contribution in [-0.4, -0.2) is 25.5 Å². The minimum atomic E-state index is -4.04. The zero-order valence-electron chi connectivity index (χ0n) is 15.0. The van der Waals surface area contributed by atoms with Crippen molar-refractivity contribution in [2.75, 3.05) is 18.0 Å². The number of fused-ring (bicyclic) bond motifs is 1. The lowest BCUT2D eigenvalue weighted by atomic mass is 10.1. The molecule has 0 bridgehead atoms. The van der Waals surface area contributed by atoms with E-state index in [1.54, 1.807) is 36.4 Å². The highest BCUT2D eigenvalue weighted by atomic mass is 79.9. The number of benzene rings is 2. The molecule has 8 heteroatoms. The molecule has 1 aromatic heterocycles. The lowest BCUT2D eigenvalue weighted by Crippen LogP contribution is -2.29. The van der Waals surface area contributed by atoms with E-state index in [9.17, 15) is 17.2 Å². The first kappa shape index (κ1) is 19.4.